The van der Waals surface area contributed by atoms with Gasteiger partial charge in [0.1, 0.15) is 5.82 Å². The van der Waals surface area contributed by atoms with Crippen LogP contribution < -0.4 is 5.32 Å². The summed E-state index contributed by atoms with van der Waals surface area (Å²) in [6.07, 6.45) is 1.71. The van der Waals surface area contributed by atoms with Gasteiger partial charge in [0.05, 0.1) is 11.7 Å². The zero-order valence-electron chi connectivity index (χ0n) is 9.02. The van der Waals surface area contributed by atoms with Gasteiger partial charge in [-0.2, -0.15) is 0 Å². The minimum atomic E-state index is -0.215. The Kier molecular flexibility index (Phi) is 3.27. The van der Waals surface area contributed by atoms with Crippen LogP contribution in [0.5, 0.6) is 0 Å². The molecule has 82 valence electrons. The van der Waals surface area contributed by atoms with E-state index in [2.05, 4.69) is 10.3 Å². The maximum atomic E-state index is 13.6. The van der Waals surface area contributed by atoms with Crippen LogP contribution in [-0.4, -0.2) is 12.0 Å². The van der Waals surface area contributed by atoms with Crippen LogP contribution >= 0.6 is 0 Å². The largest absolute Gasteiger partial charge is 0.308 e. The summed E-state index contributed by atoms with van der Waals surface area (Å²) in [6.45, 7) is 0. The van der Waals surface area contributed by atoms with Crippen molar-refractivity contribution in [2.75, 3.05) is 7.05 Å². The van der Waals surface area contributed by atoms with Gasteiger partial charge in [0.25, 0.3) is 0 Å². The lowest BCUT2D eigenvalue weighted by Gasteiger charge is -2.16. The van der Waals surface area contributed by atoms with Crippen molar-refractivity contribution in [1.82, 2.24) is 10.3 Å². The normalized spacial score (nSPS) is 12.4. The zero-order chi connectivity index (χ0) is 11.4. The van der Waals surface area contributed by atoms with Crippen LogP contribution in [0.15, 0.2) is 48.7 Å². The van der Waals surface area contributed by atoms with Crippen LogP contribution in [0, 0.1) is 5.82 Å². The molecule has 0 saturated heterocycles. The van der Waals surface area contributed by atoms with Crippen molar-refractivity contribution in [2.24, 2.45) is 0 Å². The highest BCUT2D eigenvalue weighted by atomic mass is 19.1. The lowest BCUT2D eigenvalue weighted by atomic mass is 10.0. The van der Waals surface area contributed by atoms with Crippen LogP contribution in [0.4, 0.5) is 4.39 Å². The standard InChI is InChI=1S/C13H13FN2/c1-15-13(12-8-4-5-9-16-12)10-6-2-3-7-11(10)14/h2-9,13,15H,1H3. The number of rotatable bonds is 3. The zero-order valence-corrected chi connectivity index (χ0v) is 9.02. The molecule has 1 N–H and O–H groups in total. The molecule has 2 rings (SSSR count). The van der Waals surface area contributed by atoms with E-state index in [9.17, 15) is 4.39 Å². The molecule has 2 aromatic rings. The van der Waals surface area contributed by atoms with Gasteiger partial charge >= 0.3 is 0 Å². The minimum Gasteiger partial charge on any atom is -0.308 e. The first kappa shape index (κ1) is 10.8. The summed E-state index contributed by atoms with van der Waals surface area (Å²) in [5.41, 5.74) is 1.43. The Balaban J connectivity index is 2.41. The average molecular weight is 216 g/mol. The molecule has 0 bridgehead atoms. The van der Waals surface area contributed by atoms with Crippen LogP contribution in [-0.2, 0) is 0 Å². The van der Waals surface area contributed by atoms with Crippen molar-refractivity contribution >= 4 is 0 Å². The van der Waals surface area contributed by atoms with Crippen molar-refractivity contribution in [3.05, 3.63) is 65.7 Å². The number of benzene rings is 1. The SMILES string of the molecule is CNC(c1ccccn1)c1ccccc1F. The Bertz CT molecular complexity index is 456. The van der Waals surface area contributed by atoms with E-state index in [-0.39, 0.29) is 11.9 Å². The van der Waals surface area contributed by atoms with Crippen LogP contribution in [0.3, 0.4) is 0 Å². The predicted octanol–water partition coefficient (Wildman–Crippen LogP) is 2.53. The molecule has 0 aliphatic carbocycles. The van der Waals surface area contributed by atoms with E-state index in [1.54, 1.807) is 25.4 Å². The molecule has 1 atom stereocenters. The molecular weight excluding hydrogens is 203 g/mol. The Morgan fingerprint density at radius 1 is 1.12 bits per heavy atom. The smallest absolute Gasteiger partial charge is 0.128 e. The second-order valence-corrected chi connectivity index (χ2v) is 3.50. The lowest BCUT2D eigenvalue weighted by Crippen LogP contribution is -2.19. The van der Waals surface area contributed by atoms with E-state index < -0.39 is 0 Å². The van der Waals surface area contributed by atoms with Crippen molar-refractivity contribution in [3.63, 3.8) is 0 Å². The number of nitrogens with one attached hydrogen (secondary N) is 1. The van der Waals surface area contributed by atoms with Gasteiger partial charge in [0.2, 0.25) is 0 Å². The maximum Gasteiger partial charge on any atom is 0.128 e. The average Bonchev–Trinajstić information content (AvgIpc) is 2.34. The molecule has 0 aliphatic rings. The molecule has 0 fully saturated rings. The Morgan fingerprint density at radius 3 is 2.50 bits per heavy atom. The molecule has 3 heteroatoms. The van der Waals surface area contributed by atoms with Crippen LogP contribution in [0.2, 0.25) is 0 Å². The van der Waals surface area contributed by atoms with E-state index in [4.69, 9.17) is 0 Å². The molecule has 0 aliphatic heterocycles. The van der Waals surface area contributed by atoms with Crippen molar-refractivity contribution in [2.45, 2.75) is 6.04 Å². The highest BCUT2D eigenvalue weighted by Crippen LogP contribution is 2.21. The molecule has 1 unspecified atom stereocenters. The minimum absolute atomic E-state index is 0.206. The summed E-state index contributed by atoms with van der Waals surface area (Å²) in [6, 6.07) is 12.2. The Morgan fingerprint density at radius 2 is 1.88 bits per heavy atom. The summed E-state index contributed by atoms with van der Waals surface area (Å²) in [5.74, 6) is -0.215. The van der Waals surface area contributed by atoms with Gasteiger partial charge in [-0.05, 0) is 25.2 Å². The fourth-order valence-electron chi connectivity index (χ4n) is 1.72. The third kappa shape index (κ3) is 2.09. The number of hydrogen-bond acceptors (Lipinski definition) is 2. The quantitative estimate of drug-likeness (QED) is 0.852. The van der Waals surface area contributed by atoms with Gasteiger partial charge in [-0.3, -0.25) is 4.98 Å². The molecule has 0 amide bonds. The van der Waals surface area contributed by atoms with Gasteiger partial charge in [0, 0.05) is 11.8 Å². The van der Waals surface area contributed by atoms with E-state index >= 15 is 0 Å². The van der Waals surface area contributed by atoms with Gasteiger partial charge in [0.15, 0.2) is 0 Å². The topological polar surface area (TPSA) is 24.9 Å². The first-order chi connectivity index (χ1) is 7.83. The summed E-state index contributed by atoms with van der Waals surface area (Å²) in [4.78, 5) is 4.24. The van der Waals surface area contributed by atoms with E-state index in [0.717, 1.165) is 5.69 Å². The summed E-state index contributed by atoms with van der Waals surface area (Å²) in [7, 11) is 1.80. The molecule has 1 aromatic carbocycles. The highest BCUT2D eigenvalue weighted by molar-refractivity contribution is 5.28. The molecule has 1 heterocycles. The molecule has 0 saturated carbocycles. The molecule has 0 radical (unpaired) electrons. The molecule has 2 nitrogen and oxygen atoms in total. The van der Waals surface area contributed by atoms with Gasteiger partial charge in [-0.25, -0.2) is 4.39 Å². The van der Waals surface area contributed by atoms with Crippen molar-refractivity contribution in [3.8, 4) is 0 Å². The first-order valence-corrected chi connectivity index (χ1v) is 5.15. The van der Waals surface area contributed by atoms with E-state index in [0.29, 0.717) is 5.56 Å². The van der Waals surface area contributed by atoms with Gasteiger partial charge in [-0.1, -0.05) is 24.3 Å². The number of aromatic nitrogens is 1. The number of pyridine rings is 1. The third-order valence-corrected chi connectivity index (χ3v) is 2.49. The first-order valence-electron chi connectivity index (χ1n) is 5.15. The molecular formula is C13H13FN2. The monoisotopic (exact) mass is 216 g/mol. The molecule has 1 aromatic heterocycles. The fourth-order valence-corrected chi connectivity index (χ4v) is 1.72. The summed E-state index contributed by atoms with van der Waals surface area (Å²) < 4.78 is 13.6. The maximum absolute atomic E-state index is 13.6. The molecule has 16 heavy (non-hydrogen) atoms. The highest BCUT2D eigenvalue weighted by Gasteiger charge is 2.15. The Hall–Kier alpha value is -1.74. The summed E-state index contributed by atoms with van der Waals surface area (Å²) in [5, 5.41) is 3.07. The summed E-state index contributed by atoms with van der Waals surface area (Å²) >= 11 is 0. The number of hydrogen-bond donors (Lipinski definition) is 1. The van der Waals surface area contributed by atoms with Gasteiger partial charge < -0.3 is 5.32 Å². The second kappa shape index (κ2) is 4.86. The lowest BCUT2D eigenvalue weighted by molar-refractivity contribution is 0.570. The number of halogens is 1. The van der Waals surface area contributed by atoms with Gasteiger partial charge in [-0.15, -0.1) is 0 Å². The fraction of sp³-hybridized carbons (Fsp3) is 0.154. The Labute approximate surface area is 94.2 Å². The van der Waals surface area contributed by atoms with Crippen molar-refractivity contribution in [1.29, 1.82) is 0 Å². The van der Waals surface area contributed by atoms with Crippen molar-refractivity contribution < 1.29 is 4.39 Å². The van der Waals surface area contributed by atoms with Crippen LogP contribution in [0.25, 0.3) is 0 Å². The van der Waals surface area contributed by atoms with E-state index in [1.165, 1.54) is 6.07 Å². The molecule has 0 spiro atoms. The number of nitrogens with zero attached hydrogens (tertiary/aromatic N) is 1. The van der Waals surface area contributed by atoms with E-state index in [1.807, 2.05) is 24.3 Å². The third-order valence-electron chi connectivity index (χ3n) is 2.49. The van der Waals surface area contributed by atoms with Crippen LogP contribution in [0.1, 0.15) is 17.3 Å². The second-order valence-electron chi connectivity index (χ2n) is 3.50. The predicted molar refractivity (Wildman–Crippen MR) is 61.5 cm³/mol.